The maximum absolute atomic E-state index is 12.6. The molecule has 0 aliphatic rings. The van der Waals surface area contributed by atoms with Crippen LogP contribution in [0.25, 0.3) is 0 Å². The van der Waals surface area contributed by atoms with Gasteiger partial charge in [-0.15, -0.1) is 0 Å². The minimum absolute atomic E-state index is 0. The highest BCUT2D eigenvalue weighted by molar-refractivity contribution is 5.41. The summed E-state index contributed by atoms with van der Waals surface area (Å²) < 4.78 is 25.2. The van der Waals surface area contributed by atoms with Crippen LogP contribution in [0.4, 0.5) is 14.5 Å². The van der Waals surface area contributed by atoms with E-state index in [0.717, 1.165) is 6.92 Å². The molecule has 1 rings (SSSR count). The summed E-state index contributed by atoms with van der Waals surface area (Å²) in [6, 6.07) is 5.73. The Hall–Kier alpha value is -1.12. The van der Waals surface area contributed by atoms with E-state index in [-0.39, 0.29) is 13.0 Å². The number of alkyl halides is 2. The lowest BCUT2D eigenvalue weighted by molar-refractivity contribution is 0.0175. The molecule has 1 aromatic rings. The quantitative estimate of drug-likeness (QED) is 0.649. The van der Waals surface area contributed by atoms with Crippen molar-refractivity contribution in [2.24, 2.45) is 0 Å². The van der Waals surface area contributed by atoms with Gasteiger partial charge in [0, 0.05) is 18.2 Å². The molecular formula is C9H13F2N. The Balaban J connectivity index is 0.00000121. The number of halogens is 2. The van der Waals surface area contributed by atoms with Crippen molar-refractivity contribution in [3.63, 3.8) is 0 Å². The first-order chi connectivity index (χ1) is 5.00. The van der Waals surface area contributed by atoms with E-state index in [0.29, 0.717) is 5.69 Å². The summed E-state index contributed by atoms with van der Waals surface area (Å²) >= 11 is 0. The van der Waals surface area contributed by atoms with Gasteiger partial charge >= 0.3 is 0 Å². The standard InChI is InChI=1S/C8H9F2N.CH4/c1-8(9,10)6-3-2-4-7(11)5-6;/h2-5H,11H2,1H3;1H4. The van der Waals surface area contributed by atoms with Gasteiger partial charge < -0.3 is 5.73 Å². The molecule has 0 unspecified atom stereocenters. The molecule has 1 aromatic carbocycles. The Labute approximate surface area is 71.2 Å². The van der Waals surface area contributed by atoms with E-state index >= 15 is 0 Å². The molecule has 0 aromatic heterocycles. The van der Waals surface area contributed by atoms with E-state index in [1.54, 1.807) is 6.07 Å². The van der Waals surface area contributed by atoms with Gasteiger partial charge in [0.05, 0.1) is 0 Å². The van der Waals surface area contributed by atoms with E-state index in [9.17, 15) is 8.78 Å². The predicted molar refractivity (Wildman–Crippen MR) is 47.2 cm³/mol. The van der Waals surface area contributed by atoms with Crippen LogP contribution in [0.15, 0.2) is 24.3 Å². The molecule has 0 spiro atoms. The van der Waals surface area contributed by atoms with Gasteiger partial charge in [-0.05, 0) is 12.1 Å². The molecule has 3 heteroatoms. The van der Waals surface area contributed by atoms with Gasteiger partial charge in [-0.3, -0.25) is 0 Å². The van der Waals surface area contributed by atoms with Gasteiger partial charge in [0.15, 0.2) is 0 Å². The van der Waals surface area contributed by atoms with Crippen LogP contribution in [-0.2, 0) is 5.92 Å². The molecule has 0 heterocycles. The summed E-state index contributed by atoms with van der Waals surface area (Å²) in [6.45, 7) is 0.849. The summed E-state index contributed by atoms with van der Waals surface area (Å²) in [5.41, 5.74) is 5.64. The normalized spacial score (nSPS) is 10.6. The van der Waals surface area contributed by atoms with Crippen LogP contribution in [0.1, 0.15) is 19.9 Å². The summed E-state index contributed by atoms with van der Waals surface area (Å²) in [5.74, 6) is -2.80. The van der Waals surface area contributed by atoms with E-state index in [2.05, 4.69) is 0 Å². The number of rotatable bonds is 1. The van der Waals surface area contributed by atoms with Crippen molar-refractivity contribution in [2.45, 2.75) is 20.3 Å². The average Bonchev–Trinajstić information content (AvgIpc) is 1.86. The summed E-state index contributed by atoms with van der Waals surface area (Å²) in [5, 5.41) is 0. The van der Waals surface area contributed by atoms with Crippen LogP contribution < -0.4 is 5.73 Å². The Morgan fingerprint density at radius 1 is 1.33 bits per heavy atom. The third-order valence-electron chi connectivity index (χ3n) is 1.39. The highest BCUT2D eigenvalue weighted by Crippen LogP contribution is 2.27. The zero-order valence-electron chi connectivity index (χ0n) is 6.14. The first kappa shape index (κ1) is 10.9. The molecule has 12 heavy (non-hydrogen) atoms. The topological polar surface area (TPSA) is 26.0 Å². The van der Waals surface area contributed by atoms with Crippen molar-refractivity contribution in [3.05, 3.63) is 29.8 Å². The zero-order valence-corrected chi connectivity index (χ0v) is 6.14. The molecule has 0 saturated heterocycles. The number of anilines is 1. The number of hydrogen-bond acceptors (Lipinski definition) is 1. The van der Waals surface area contributed by atoms with Gasteiger partial charge in [0.25, 0.3) is 5.92 Å². The maximum atomic E-state index is 12.6. The lowest BCUT2D eigenvalue weighted by Gasteiger charge is -2.09. The number of hydrogen-bond donors (Lipinski definition) is 1. The fourth-order valence-electron chi connectivity index (χ4n) is 0.812. The molecule has 0 bridgehead atoms. The molecule has 2 N–H and O–H groups in total. The van der Waals surface area contributed by atoms with Crippen molar-refractivity contribution >= 4 is 5.69 Å². The van der Waals surface area contributed by atoms with Crippen LogP contribution in [-0.4, -0.2) is 0 Å². The molecule has 0 atom stereocenters. The molecule has 0 radical (unpaired) electrons. The fourth-order valence-corrected chi connectivity index (χ4v) is 0.812. The highest BCUT2D eigenvalue weighted by atomic mass is 19.3. The minimum atomic E-state index is -2.80. The van der Waals surface area contributed by atoms with Crippen LogP contribution >= 0.6 is 0 Å². The molecule has 0 aliphatic heterocycles. The van der Waals surface area contributed by atoms with Crippen molar-refractivity contribution < 1.29 is 8.78 Å². The van der Waals surface area contributed by atoms with Crippen LogP contribution in [0.3, 0.4) is 0 Å². The Morgan fingerprint density at radius 3 is 2.25 bits per heavy atom. The zero-order chi connectivity index (χ0) is 8.48. The average molecular weight is 173 g/mol. The molecule has 68 valence electrons. The lowest BCUT2D eigenvalue weighted by atomic mass is 10.1. The second-order valence-corrected chi connectivity index (χ2v) is 2.51. The van der Waals surface area contributed by atoms with Crippen LogP contribution in [0.5, 0.6) is 0 Å². The number of nitrogens with two attached hydrogens (primary N) is 1. The maximum Gasteiger partial charge on any atom is 0.270 e. The van der Waals surface area contributed by atoms with Gasteiger partial charge in [-0.1, -0.05) is 19.6 Å². The van der Waals surface area contributed by atoms with Gasteiger partial charge in [-0.2, -0.15) is 0 Å². The van der Waals surface area contributed by atoms with Gasteiger partial charge in [-0.25, -0.2) is 8.78 Å². The predicted octanol–water partition coefficient (Wildman–Crippen LogP) is 3.02. The van der Waals surface area contributed by atoms with Crippen LogP contribution in [0, 0.1) is 0 Å². The number of nitrogen functional groups attached to an aromatic ring is 1. The first-order valence-corrected chi connectivity index (χ1v) is 3.24. The second kappa shape index (κ2) is 3.52. The van der Waals surface area contributed by atoms with Gasteiger partial charge in [0.1, 0.15) is 0 Å². The lowest BCUT2D eigenvalue weighted by Crippen LogP contribution is -2.06. The smallest absolute Gasteiger partial charge is 0.270 e. The molecule has 0 fully saturated rings. The Bertz CT molecular complexity index is 253. The third-order valence-corrected chi connectivity index (χ3v) is 1.39. The van der Waals surface area contributed by atoms with Crippen molar-refractivity contribution in [3.8, 4) is 0 Å². The minimum Gasteiger partial charge on any atom is -0.399 e. The summed E-state index contributed by atoms with van der Waals surface area (Å²) in [4.78, 5) is 0. The van der Waals surface area contributed by atoms with Crippen LogP contribution in [0.2, 0.25) is 0 Å². The van der Waals surface area contributed by atoms with E-state index in [1.165, 1.54) is 18.2 Å². The molecule has 0 aliphatic carbocycles. The Kier molecular flexibility index (Phi) is 3.19. The van der Waals surface area contributed by atoms with Crippen molar-refractivity contribution in [1.82, 2.24) is 0 Å². The summed E-state index contributed by atoms with van der Waals surface area (Å²) in [6.07, 6.45) is 0. The molecular weight excluding hydrogens is 160 g/mol. The van der Waals surface area contributed by atoms with Gasteiger partial charge in [0.2, 0.25) is 0 Å². The third kappa shape index (κ3) is 2.49. The monoisotopic (exact) mass is 173 g/mol. The van der Waals surface area contributed by atoms with E-state index in [4.69, 9.17) is 5.73 Å². The second-order valence-electron chi connectivity index (χ2n) is 2.51. The highest BCUT2D eigenvalue weighted by Gasteiger charge is 2.23. The largest absolute Gasteiger partial charge is 0.399 e. The molecule has 0 amide bonds. The van der Waals surface area contributed by atoms with E-state index in [1.807, 2.05) is 0 Å². The van der Waals surface area contributed by atoms with E-state index < -0.39 is 5.92 Å². The summed E-state index contributed by atoms with van der Waals surface area (Å²) in [7, 11) is 0. The van der Waals surface area contributed by atoms with Crippen molar-refractivity contribution in [2.75, 3.05) is 5.73 Å². The Morgan fingerprint density at radius 2 is 1.92 bits per heavy atom. The first-order valence-electron chi connectivity index (χ1n) is 3.24. The molecule has 0 saturated carbocycles. The molecule has 1 nitrogen and oxygen atoms in total. The SMILES string of the molecule is C.CC(F)(F)c1cccc(N)c1. The van der Waals surface area contributed by atoms with Crippen molar-refractivity contribution in [1.29, 1.82) is 0 Å². The number of benzene rings is 1. The fraction of sp³-hybridized carbons (Fsp3) is 0.333.